The standard InChI is InChI=1S/C36H41NO7/c1-4-5-6-7-8-9-10-25-11-18-30(19-12-25)44-24-29(38)22-37-23-32(31-21-28(36(41)43-3)17-20-33(31)37)34(39)26-13-15-27(16-14-26)35(40)42-2/h11-21,23,29,38H,4-10,22,24H2,1-3H3. The van der Waals surface area contributed by atoms with Crippen molar-refractivity contribution in [3.05, 3.63) is 101 Å². The number of aliphatic hydroxyl groups excluding tert-OH is 1. The van der Waals surface area contributed by atoms with Crippen LogP contribution in [0, 0.1) is 0 Å². The Morgan fingerprint density at radius 3 is 2.07 bits per heavy atom. The second-order valence-corrected chi connectivity index (χ2v) is 10.9. The molecule has 1 N–H and O–H groups in total. The lowest BCUT2D eigenvalue weighted by molar-refractivity contribution is 0.0592. The van der Waals surface area contributed by atoms with Gasteiger partial charge in [0.05, 0.1) is 31.9 Å². The number of aliphatic hydroxyl groups is 1. The van der Waals surface area contributed by atoms with Gasteiger partial charge in [-0.2, -0.15) is 0 Å². The summed E-state index contributed by atoms with van der Waals surface area (Å²) in [7, 11) is 2.59. The molecule has 1 heterocycles. The van der Waals surface area contributed by atoms with Crippen molar-refractivity contribution in [1.82, 2.24) is 4.57 Å². The molecule has 232 valence electrons. The molecule has 0 aliphatic heterocycles. The third-order valence-electron chi connectivity index (χ3n) is 7.71. The second kappa shape index (κ2) is 15.9. The van der Waals surface area contributed by atoms with E-state index in [9.17, 15) is 19.5 Å². The fourth-order valence-electron chi connectivity index (χ4n) is 5.24. The van der Waals surface area contributed by atoms with Gasteiger partial charge in [0.2, 0.25) is 0 Å². The zero-order valence-corrected chi connectivity index (χ0v) is 25.7. The first kappa shape index (κ1) is 32.5. The molecule has 0 radical (unpaired) electrons. The van der Waals surface area contributed by atoms with Crippen LogP contribution in [-0.2, 0) is 22.4 Å². The van der Waals surface area contributed by atoms with E-state index in [-0.39, 0.29) is 18.9 Å². The lowest BCUT2D eigenvalue weighted by atomic mass is 10.0. The van der Waals surface area contributed by atoms with Crippen LogP contribution in [0.25, 0.3) is 10.9 Å². The molecule has 0 saturated carbocycles. The van der Waals surface area contributed by atoms with Crippen LogP contribution in [0.2, 0.25) is 0 Å². The lowest BCUT2D eigenvalue weighted by Crippen LogP contribution is -2.23. The lowest BCUT2D eigenvalue weighted by Gasteiger charge is -2.14. The first-order valence-electron chi connectivity index (χ1n) is 15.2. The summed E-state index contributed by atoms with van der Waals surface area (Å²) in [5, 5.41) is 11.4. The first-order valence-corrected chi connectivity index (χ1v) is 15.2. The number of fused-ring (bicyclic) bond motifs is 1. The van der Waals surface area contributed by atoms with Crippen molar-refractivity contribution in [3.8, 4) is 5.75 Å². The van der Waals surface area contributed by atoms with Crippen molar-refractivity contribution in [1.29, 1.82) is 0 Å². The minimum absolute atomic E-state index is 0.0644. The molecule has 4 rings (SSSR count). The van der Waals surface area contributed by atoms with Gasteiger partial charge in [-0.15, -0.1) is 0 Å². The third-order valence-corrected chi connectivity index (χ3v) is 7.71. The number of benzene rings is 3. The average Bonchev–Trinajstić information content (AvgIpc) is 3.42. The number of aryl methyl sites for hydroxylation is 1. The van der Waals surface area contributed by atoms with E-state index < -0.39 is 18.0 Å². The number of hydrogen-bond acceptors (Lipinski definition) is 7. The highest BCUT2D eigenvalue weighted by molar-refractivity contribution is 6.17. The van der Waals surface area contributed by atoms with Crippen LogP contribution in [0.3, 0.4) is 0 Å². The third kappa shape index (κ3) is 8.35. The van der Waals surface area contributed by atoms with Gasteiger partial charge in [0.25, 0.3) is 0 Å². The summed E-state index contributed by atoms with van der Waals surface area (Å²) in [5.41, 5.74) is 3.29. The maximum absolute atomic E-state index is 13.6. The van der Waals surface area contributed by atoms with Gasteiger partial charge in [0, 0.05) is 28.2 Å². The Morgan fingerprint density at radius 1 is 0.773 bits per heavy atom. The normalized spacial score (nSPS) is 11.7. The van der Waals surface area contributed by atoms with Gasteiger partial charge in [-0.05, 0) is 60.9 Å². The summed E-state index contributed by atoms with van der Waals surface area (Å²) >= 11 is 0. The van der Waals surface area contributed by atoms with Crippen LogP contribution in [0.15, 0.2) is 72.9 Å². The summed E-state index contributed by atoms with van der Waals surface area (Å²) in [6, 6.07) is 19.1. The van der Waals surface area contributed by atoms with E-state index in [0.717, 1.165) is 6.42 Å². The molecule has 44 heavy (non-hydrogen) atoms. The first-order chi connectivity index (χ1) is 21.3. The average molecular weight is 600 g/mol. The largest absolute Gasteiger partial charge is 0.491 e. The van der Waals surface area contributed by atoms with Gasteiger partial charge in [0.1, 0.15) is 18.5 Å². The number of methoxy groups -OCH3 is 2. The molecule has 4 aromatic rings. The summed E-state index contributed by atoms with van der Waals surface area (Å²) in [6.45, 7) is 2.46. The van der Waals surface area contributed by atoms with Gasteiger partial charge < -0.3 is 23.9 Å². The quantitative estimate of drug-likeness (QED) is 0.0859. The van der Waals surface area contributed by atoms with Crippen molar-refractivity contribution in [2.45, 2.75) is 64.5 Å². The van der Waals surface area contributed by atoms with Crippen molar-refractivity contribution in [2.24, 2.45) is 0 Å². The maximum Gasteiger partial charge on any atom is 0.337 e. The van der Waals surface area contributed by atoms with E-state index in [1.807, 2.05) is 12.1 Å². The van der Waals surface area contributed by atoms with Gasteiger partial charge >= 0.3 is 11.9 Å². The predicted molar refractivity (Wildman–Crippen MR) is 170 cm³/mol. The van der Waals surface area contributed by atoms with Crippen molar-refractivity contribution in [3.63, 3.8) is 0 Å². The SMILES string of the molecule is CCCCCCCCc1ccc(OCC(O)Cn2cc(C(=O)c3ccc(C(=O)OC)cc3)c3cc(C(=O)OC)ccc32)cc1. The fraction of sp³-hybridized carbons (Fsp3) is 0.361. The molecule has 0 fully saturated rings. The number of carbonyl (C=O) groups is 3. The molecule has 0 spiro atoms. The van der Waals surface area contributed by atoms with Crippen LogP contribution in [0.4, 0.5) is 0 Å². The van der Waals surface area contributed by atoms with E-state index in [4.69, 9.17) is 14.2 Å². The Balaban J connectivity index is 1.45. The van der Waals surface area contributed by atoms with E-state index >= 15 is 0 Å². The Kier molecular flexibility index (Phi) is 11.7. The minimum Gasteiger partial charge on any atom is -0.491 e. The van der Waals surface area contributed by atoms with Crippen LogP contribution in [0.1, 0.15) is 87.6 Å². The molecular formula is C36H41NO7. The second-order valence-electron chi connectivity index (χ2n) is 10.9. The highest BCUT2D eigenvalue weighted by Gasteiger charge is 2.21. The number of hydrogen-bond donors (Lipinski definition) is 1. The zero-order valence-electron chi connectivity index (χ0n) is 25.7. The maximum atomic E-state index is 13.6. The van der Waals surface area contributed by atoms with Crippen LogP contribution in [0.5, 0.6) is 5.75 Å². The highest BCUT2D eigenvalue weighted by Crippen LogP contribution is 2.27. The topological polar surface area (TPSA) is 104 Å². The molecular weight excluding hydrogens is 558 g/mol. The Hall–Kier alpha value is -4.43. The zero-order chi connectivity index (χ0) is 31.5. The van der Waals surface area contributed by atoms with Crippen molar-refractivity contribution in [2.75, 3.05) is 20.8 Å². The molecule has 0 aliphatic rings. The number of unbranched alkanes of at least 4 members (excludes halogenated alkanes) is 5. The molecule has 0 amide bonds. The molecule has 8 heteroatoms. The monoisotopic (exact) mass is 599 g/mol. The Morgan fingerprint density at radius 2 is 1.39 bits per heavy atom. The van der Waals surface area contributed by atoms with Crippen LogP contribution < -0.4 is 4.74 Å². The van der Waals surface area contributed by atoms with Crippen molar-refractivity contribution < 1.29 is 33.7 Å². The van der Waals surface area contributed by atoms with Gasteiger partial charge in [-0.3, -0.25) is 4.79 Å². The number of rotatable bonds is 16. The summed E-state index contributed by atoms with van der Waals surface area (Å²) in [6.07, 6.45) is 9.44. The minimum atomic E-state index is -0.865. The summed E-state index contributed by atoms with van der Waals surface area (Å²) in [4.78, 5) is 37.7. The number of nitrogens with zero attached hydrogens (tertiary/aromatic N) is 1. The van der Waals surface area contributed by atoms with E-state index in [1.165, 1.54) is 70.4 Å². The van der Waals surface area contributed by atoms with E-state index in [0.29, 0.717) is 38.9 Å². The predicted octanol–water partition coefficient (Wildman–Crippen LogP) is 6.79. The number of esters is 2. The van der Waals surface area contributed by atoms with Gasteiger partial charge in [-0.25, -0.2) is 9.59 Å². The molecule has 0 bridgehead atoms. The Bertz CT molecular complexity index is 1550. The van der Waals surface area contributed by atoms with Gasteiger partial charge in [-0.1, -0.05) is 63.3 Å². The van der Waals surface area contributed by atoms with Gasteiger partial charge in [0.15, 0.2) is 5.78 Å². The number of ketones is 1. The molecule has 1 atom stereocenters. The number of ether oxygens (including phenoxy) is 3. The molecule has 8 nitrogen and oxygen atoms in total. The fourth-order valence-corrected chi connectivity index (χ4v) is 5.24. The molecule has 1 aromatic heterocycles. The molecule has 0 saturated heterocycles. The number of aromatic nitrogens is 1. The van der Waals surface area contributed by atoms with Crippen LogP contribution in [-0.4, -0.2) is 54.3 Å². The Labute approximate surface area is 258 Å². The molecule has 3 aromatic carbocycles. The molecule has 0 aliphatic carbocycles. The smallest absolute Gasteiger partial charge is 0.337 e. The highest BCUT2D eigenvalue weighted by atomic mass is 16.5. The molecule has 1 unspecified atom stereocenters. The van der Waals surface area contributed by atoms with E-state index in [2.05, 4.69) is 19.1 Å². The number of carbonyl (C=O) groups excluding carboxylic acids is 3. The van der Waals surface area contributed by atoms with Crippen LogP contribution >= 0.6 is 0 Å². The van der Waals surface area contributed by atoms with E-state index in [1.54, 1.807) is 41.1 Å². The summed E-state index contributed by atoms with van der Waals surface area (Å²) < 4.78 is 17.3. The van der Waals surface area contributed by atoms with Crippen molar-refractivity contribution >= 4 is 28.6 Å². The summed E-state index contributed by atoms with van der Waals surface area (Å²) in [5.74, 6) is -0.628.